The van der Waals surface area contributed by atoms with Crippen molar-refractivity contribution in [2.24, 2.45) is 0 Å². The van der Waals surface area contributed by atoms with Crippen molar-refractivity contribution in [1.29, 1.82) is 0 Å². The summed E-state index contributed by atoms with van der Waals surface area (Å²) in [5.74, 6) is -0.559. The van der Waals surface area contributed by atoms with E-state index in [-0.39, 0.29) is 5.56 Å². The molecular weight excluding hydrogens is 325 g/mol. The van der Waals surface area contributed by atoms with E-state index < -0.39 is 11.7 Å². The molecule has 0 saturated carbocycles. The molecule has 0 aliphatic carbocycles. The van der Waals surface area contributed by atoms with E-state index in [1.54, 1.807) is 18.2 Å². The zero-order valence-corrected chi connectivity index (χ0v) is 12.6. The zero-order chi connectivity index (χ0) is 14.7. The first-order valence-electron chi connectivity index (χ1n) is 5.92. The molecule has 1 N–H and O–H groups in total. The molecule has 1 amide bonds. The maximum atomic E-state index is 13.7. The number of hydrogen-bond donors (Lipinski definition) is 1. The summed E-state index contributed by atoms with van der Waals surface area (Å²) in [5.41, 5.74) is 1.48. The molecule has 104 valence electrons. The first kappa shape index (κ1) is 14.5. The fourth-order valence-electron chi connectivity index (χ4n) is 1.76. The van der Waals surface area contributed by atoms with Crippen LogP contribution in [0, 0.1) is 12.7 Å². The summed E-state index contributed by atoms with van der Waals surface area (Å²) in [6.07, 6.45) is 0. The van der Waals surface area contributed by atoms with E-state index in [1.807, 2.05) is 13.0 Å². The summed E-state index contributed by atoms with van der Waals surface area (Å²) in [5, 5.41) is 2.65. The summed E-state index contributed by atoms with van der Waals surface area (Å²) in [7, 11) is 1.52. The number of hydrogen-bond acceptors (Lipinski definition) is 2. The molecule has 0 unspecified atom stereocenters. The van der Waals surface area contributed by atoms with Crippen molar-refractivity contribution in [3.8, 4) is 5.75 Å². The van der Waals surface area contributed by atoms with Gasteiger partial charge in [-0.1, -0.05) is 22.0 Å². The van der Waals surface area contributed by atoms with Gasteiger partial charge in [-0.25, -0.2) is 4.39 Å². The molecule has 0 spiro atoms. The van der Waals surface area contributed by atoms with Crippen molar-refractivity contribution in [1.82, 2.24) is 0 Å². The number of amides is 1. The highest BCUT2D eigenvalue weighted by Crippen LogP contribution is 2.26. The summed E-state index contributed by atoms with van der Waals surface area (Å²) in [6, 6.07) is 9.58. The molecule has 0 aromatic heterocycles. The topological polar surface area (TPSA) is 38.3 Å². The summed E-state index contributed by atoms with van der Waals surface area (Å²) < 4.78 is 19.5. The molecule has 0 radical (unpaired) electrons. The summed E-state index contributed by atoms with van der Waals surface area (Å²) >= 11 is 3.22. The Kier molecular flexibility index (Phi) is 4.39. The molecule has 0 saturated heterocycles. The van der Waals surface area contributed by atoms with Gasteiger partial charge in [0.2, 0.25) is 0 Å². The van der Waals surface area contributed by atoms with Crippen molar-refractivity contribution in [2.45, 2.75) is 6.92 Å². The lowest BCUT2D eigenvalue weighted by molar-refractivity contribution is 0.102. The van der Waals surface area contributed by atoms with Crippen LogP contribution in [-0.4, -0.2) is 13.0 Å². The third-order valence-corrected chi connectivity index (χ3v) is 3.27. The summed E-state index contributed by atoms with van der Waals surface area (Å²) in [6.45, 7) is 1.92. The van der Waals surface area contributed by atoms with E-state index in [9.17, 15) is 9.18 Å². The molecule has 2 aromatic rings. The van der Waals surface area contributed by atoms with E-state index in [4.69, 9.17) is 4.74 Å². The van der Waals surface area contributed by atoms with Gasteiger partial charge in [0, 0.05) is 4.47 Å². The average molecular weight is 338 g/mol. The van der Waals surface area contributed by atoms with Crippen LogP contribution < -0.4 is 10.1 Å². The Hall–Kier alpha value is -1.88. The van der Waals surface area contributed by atoms with Gasteiger partial charge >= 0.3 is 0 Å². The molecule has 0 heterocycles. The molecule has 0 aliphatic heterocycles. The van der Waals surface area contributed by atoms with Crippen LogP contribution in [0.5, 0.6) is 5.75 Å². The van der Waals surface area contributed by atoms with Crippen LogP contribution in [0.15, 0.2) is 40.9 Å². The van der Waals surface area contributed by atoms with Crippen LogP contribution in [0.2, 0.25) is 0 Å². The second-order valence-corrected chi connectivity index (χ2v) is 5.20. The molecule has 0 aliphatic rings. The van der Waals surface area contributed by atoms with Gasteiger partial charge in [0.1, 0.15) is 11.6 Å². The van der Waals surface area contributed by atoms with Crippen LogP contribution in [0.4, 0.5) is 10.1 Å². The quantitative estimate of drug-likeness (QED) is 0.913. The number of carbonyl (C=O) groups excluding carboxylic acids is 1. The first-order chi connectivity index (χ1) is 9.51. The van der Waals surface area contributed by atoms with E-state index in [2.05, 4.69) is 21.2 Å². The number of aryl methyl sites for hydroxylation is 1. The minimum absolute atomic E-state index is 0.0259. The van der Waals surface area contributed by atoms with Crippen molar-refractivity contribution >= 4 is 27.5 Å². The lowest BCUT2D eigenvalue weighted by atomic mass is 10.1. The van der Waals surface area contributed by atoms with Gasteiger partial charge in [0.25, 0.3) is 5.91 Å². The van der Waals surface area contributed by atoms with Crippen LogP contribution in [0.3, 0.4) is 0 Å². The standard InChI is InChI=1S/C15H13BrFNO2/c1-9-3-6-13(14(7-9)20-2)18-15(19)11-8-10(16)4-5-12(11)17/h3-8H,1-2H3,(H,18,19). The number of halogens is 2. The third-order valence-electron chi connectivity index (χ3n) is 2.78. The molecule has 3 nitrogen and oxygen atoms in total. The molecule has 0 bridgehead atoms. The third kappa shape index (κ3) is 3.17. The predicted molar refractivity (Wildman–Crippen MR) is 79.8 cm³/mol. The Morgan fingerprint density at radius 2 is 2.00 bits per heavy atom. The van der Waals surface area contributed by atoms with Crippen molar-refractivity contribution in [2.75, 3.05) is 12.4 Å². The number of rotatable bonds is 3. The zero-order valence-electron chi connectivity index (χ0n) is 11.0. The van der Waals surface area contributed by atoms with E-state index in [0.29, 0.717) is 15.9 Å². The highest BCUT2D eigenvalue weighted by molar-refractivity contribution is 9.10. The number of ether oxygens (including phenoxy) is 1. The van der Waals surface area contributed by atoms with E-state index in [1.165, 1.54) is 19.2 Å². The highest BCUT2D eigenvalue weighted by Gasteiger charge is 2.14. The largest absolute Gasteiger partial charge is 0.495 e. The Balaban J connectivity index is 2.30. The van der Waals surface area contributed by atoms with E-state index in [0.717, 1.165) is 5.56 Å². The molecule has 20 heavy (non-hydrogen) atoms. The monoisotopic (exact) mass is 337 g/mol. The van der Waals surface area contributed by atoms with Gasteiger partial charge in [-0.3, -0.25) is 4.79 Å². The van der Waals surface area contributed by atoms with Crippen LogP contribution in [0.1, 0.15) is 15.9 Å². The molecule has 0 atom stereocenters. The number of carbonyl (C=O) groups is 1. The molecule has 2 aromatic carbocycles. The van der Waals surface area contributed by atoms with E-state index >= 15 is 0 Å². The maximum Gasteiger partial charge on any atom is 0.258 e. The number of nitrogens with one attached hydrogen (secondary N) is 1. The van der Waals surface area contributed by atoms with Crippen LogP contribution in [0.25, 0.3) is 0 Å². The van der Waals surface area contributed by atoms with Crippen LogP contribution >= 0.6 is 15.9 Å². The number of anilines is 1. The lowest BCUT2D eigenvalue weighted by Gasteiger charge is -2.11. The maximum absolute atomic E-state index is 13.7. The first-order valence-corrected chi connectivity index (χ1v) is 6.71. The Morgan fingerprint density at radius 3 is 2.70 bits per heavy atom. The number of methoxy groups -OCH3 is 1. The Morgan fingerprint density at radius 1 is 1.25 bits per heavy atom. The second kappa shape index (κ2) is 6.05. The van der Waals surface area contributed by atoms with Gasteiger partial charge in [-0.05, 0) is 42.8 Å². The SMILES string of the molecule is COc1cc(C)ccc1NC(=O)c1cc(Br)ccc1F. The Labute approximate surface area is 124 Å². The Bertz CT molecular complexity index is 658. The van der Waals surface area contributed by atoms with Crippen molar-refractivity contribution in [3.05, 3.63) is 57.8 Å². The molecule has 0 fully saturated rings. The minimum atomic E-state index is -0.572. The summed E-state index contributed by atoms with van der Waals surface area (Å²) in [4.78, 5) is 12.1. The molecular formula is C15H13BrFNO2. The fourth-order valence-corrected chi connectivity index (χ4v) is 2.12. The average Bonchev–Trinajstić information content (AvgIpc) is 2.43. The van der Waals surface area contributed by atoms with Gasteiger partial charge in [0.05, 0.1) is 18.4 Å². The van der Waals surface area contributed by atoms with Crippen LogP contribution in [-0.2, 0) is 0 Å². The normalized spacial score (nSPS) is 10.2. The van der Waals surface area contributed by atoms with Gasteiger partial charge in [-0.15, -0.1) is 0 Å². The second-order valence-electron chi connectivity index (χ2n) is 4.28. The number of benzene rings is 2. The van der Waals surface area contributed by atoms with Crippen molar-refractivity contribution < 1.29 is 13.9 Å². The molecule has 2 rings (SSSR count). The van der Waals surface area contributed by atoms with Gasteiger partial charge in [-0.2, -0.15) is 0 Å². The smallest absolute Gasteiger partial charge is 0.258 e. The fraction of sp³-hybridized carbons (Fsp3) is 0.133. The lowest BCUT2D eigenvalue weighted by Crippen LogP contribution is -2.14. The predicted octanol–water partition coefficient (Wildman–Crippen LogP) is 4.16. The molecule has 5 heteroatoms. The highest BCUT2D eigenvalue weighted by atomic mass is 79.9. The minimum Gasteiger partial charge on any atom is -0.495 e. The van der Waals surface area contributed by atoms with Gasteiger partial charge < -0.3 is 10.1 Å². The van der Waals surface area contributed by atoms with Crippen molar-refractivity contribution in [3.63, 3.8) is 0 Å². The van der Waals surface area contributed by atoms with Gasteiger partial charge in [0.15, 0.2) is 0 Å².